The van der Waals surface area contributed by atoms with E-state index >= 15 is 0 Å². The molecule has 0 spiro atoms. The molecule has 0 saturated heterocycles. The highest BCUT2D eigenvalue weighted by atomic mass is 16.5. The van der Waals surface area contributed by atoms with Crippen LogP contribution in [0.4, 0.5) is 0 Å². The summed E-state index contributed by atoms with van der Waals surface area (Å²) in [6.45, 7) is 5.15. The molecule has 0 bridgehead atoms. The zero-order valence-corrected chi connectivity index (χ0v) is 10.7. The number of benzene rings is 1. The van der Waals surface area contributed by atoms with Crippen molar-refractivity contribution in [1.82, 2.24) is 14.8 Å². The molecule has 0 amide bonds. The summed E-state index contributed by atoms with van der Waals surface area (Å²) >= 11 is 0. The summed E-state index contributed by atoms with van der Waals surface area (Å²) in [7, 11) is 0. The third kappa shape index (κ3) is 2.68. The third-order valence-electron chi connectivity index (χ3n) is 2.76. The van der Waals surface area contributed by atoms with Crippen molar-refractivity contribution in [2.75, 3.05) is 0 Å². The van der Waals surface area contributed by atoms with Crippen LogP contribution in [-0.2, 0) is 13.2 Å². The molecule has 1 aromatic carbocycles. The Morgan fingerprint density at radius 2 is 2.17 bits per heavy atom. The van der Waals surface area contributed by atoms with E-state index < -0.39 is 0 Å². The highest BCUT2D eigenvalue weighted by molar-refractivity contribution is 5.35. The van der Waals surface area contributed by atoms with Crippen molar-refractivity contribution < 1.29 is 4.74 Å². The van der Waals surface area contributed by atoms with E-state index in [1.165, 1.54) is 0 Å². The van der Waals surface area contributed by atoms with Gasteiger partial charge < -0.3 is 10.5 Å². The van der Waals surface area contributed by atoms with E-state index in [0.717, 1.165) is 23.7 Å². The Bertz CT molecular complexity index is 507. The Morgan fingerprint density at radius 3 is 2.89 bits per heavy atom. The van der Waals surface area contributed by atoms with Crippen LogP contribution in [0.3, 0.4) is 0 Å². The van der Waals surface area contributed by atoms with E-state index in [4.69, 9.17) is 10.5 Å². The first-order valence-corrected chi connectivity index (χ1v) is 6.06. The number of nitrogens with zero attached hydrogens (tertiary/aromatic N) is 3. The number of aryl methyl sites for hydroxylation is 1. The van der Waals surface area contributed by atoms with Crippen molar-refractivity contribution >= 4 is 0 Å². The highest BCUT2D eigenvalue weighted by Crippen LogP contribution is 2.23. The second kappa shape index (κ2) is 5.64. The van der Waals surface area contributed by atoms with Crippen molar-refractivity contribution in [3.8, 4) is 5.75 Å². The van der Waals surface area contributed by atoms with Gasteiger partial charge in [-0.3, -0.25) is 0 Å². The van der Waals surface area contributed by atoms with Crippen molar-refractivity contribution in [2.24, 2.45) is 5.73 Å². The zero-order chi connectivity index (χ0) is 13.0. The minimum absolute atomic E-state index is 0.0507. The summed E-state index contributed by atoms with van der Waals surface area (Å²) in [5.74, 6) is 1.62. The van der Waals surface area contributed by atoms with Gasteiger partial charge in [-0.1, -0.05) is 18.2 Å². The predicted octanol–water partition coefficient (Wildman–Crippen LogP) is 1.90. The van der Waals surface area contributed by atoms with Gasteiger partial charge in [0.15, 0.2) is 5.82 Å². The Hall–Kier alpha value is -1.88. The second-order valence-corrected chi connectivity index (χ2v) is 4.11. The number of rotatable bonds is 5. The second-order valence-electron chi connectivity index (χ2n) is 4.11. The Kier molecular flexibility index (Phi) is 3.94. The van der Waals surface area contributed by atoms with Crippen LogP contribution in [0.5, 0.6) is 5.75 Å². The summed E-state index contributed by atoms with van der Waals surface area (Å²) in [6.07, 6.45) is 1.54. The minimum Gasteiger partial charge on any atom is -0.485 e. The number of para-hydroxylation sites is 1. The minimum atomic E-state index is -0.0507. The number of ether oxygens (including phenoxy) is 1. The van der Waals surface area contributed by atoms with Crippen LogP contribution in [0.2, 0.25) is 0 Å². The van der Waals surface area contributed by atoms with Gasteiger partial charge in [0, 0.05) is 18.2 Å². The van der Waals surface area contributed by atoms with Crippen molar-refractivity contribution in [1.29, 1.82) is 0 Å². The first kappa shape index (κ1) is 12.6. The van der Waals surface area contributed by atoms with Crippen LogP contribution in [0, 0.1) is 0 Å². The van der Waals surface area contributed by atoms with E-state index in [9.17, 15) is 0 Å². The molecule has 96 valence electrons. The largest absolute Gasteiger partial charge is 0.485 e. The Morgan fingerprint density at radius 1 is 1.39 bits per heavy atom. The van der Waals surface area contributed by atoms with Crippen LogP contribution in [-0.4, -0.2) is 14.8 Å². The summed E-state index contributed by atoms with van der Waals surface area (Å²) < 4.78 is 7.60. The maximum Gasteiger partial charge on any atom is 0.164 e. The van der Waals surface area contributed by atoms with Gasteiger partial charge in [-0.15, -0.1) is 0 Å². The third-order valence-corrected chi connectivity index (χ3v) is 2.76. The van der Waals surface area contributed by atoms with Crippen molar-refractivity contribution in [3.05, 3.63) is 42.0 Å². The number of hydrogen-bond acceptors (Lipinski definition) is 4. The normalized spacial score (nSPS) is 12.4. The van der Waals surface area contributed by atoms with Crippen LogP contribution >= 0.6 is 0 Å². The molecule has 1 atom stereocenters. The SMILES string of the molecule is CCn1ncnc1COc1ccccc1[C@H](C)N. The fourth-order valence-corrected chi connectivity index (χ4v) is 1.79. The molecule has 2 aromatic rings. The van der Waals surface area contributed by atoms with E-state index in [2.05, 4.69) is 10.1 Å². The van der Waals surface area contributed by atoms with E-state index in [0.29, 0.717) is 6.61 Å². The fourth-order valence-electron chi connectivity index (χ4n) is 1.79. The van der Waals surface area contributed by atoms with Gasteiger partial charge in [-0.2, -0.15) is 5.10 Å². The van der Waals surface area contributed by atoms with Gasteiger partial charge in [-0.25, -0.2) is 9.67 Å². The van der Waals surface area contributed by atoms with E-state index in [1.807, 2.05) is 42.8 Å². The molecule has 18 heavy (non-hydrogen) atoms. The molecule has 0 aliphatic heterocycles. The molecular formula is C13H18N4O. The average molecular weight is 246 g/mol. The molecule has 0 radical (unpaired) electrons. The van der Waals surface area contributed by atoms with Gasteiger partial charge >= 0.3 is 0 Å². The molecular weight excluding hydrogens is 228 g/mol. The van der Waals surface area contributed by atoms with Gasteiger partial charge in [0.05, 0.1) is 0 Å². The molecule has 2 rings (SSSR count). The van der Waals surface area contributed by atoms with Crippen LogP contribution in [0.15, 0.2) is 30.6 Å². The van der Waals surface area contributed by atoms with Gasteiger partial charge in [0.2, 0.25) is 0 Å². The molecule has 1 heterocycles. The lowest BCUT2D eigenvalue weighted by molar-refractivity contribution is 0.283. The summed E-state index contributed by atoms with van der Waals surface area (Å²) in [5.41, 5.74) is 6.91. The topological polar surface area (TPSA) is 66.0 Å². The number of nitrogens with two attached hydrogens (primary N) is 1. The quantitative estimate of drug-likeness (QED) is 0.875. The van der Waals surface area contributed by atoms with E-state index in [-0.39, 0.29) is 6.04 Å². The molecule has 0 fully saturated rings. The number of hydrogen-bond donors (Lipinski definition) is 1. The fraction of sp³-hybridized carbons (Fsp3) is 0.385. The zero-order valence-electron chi connectivity index (χ0n) is 10.7. The molecule has 5 heteroatoms. The Labute approximate surface area is 107 Å². The molecule has 0 aliphatic rings. The molecule has 1 aromatic heterocycles. The highest BCUT2D eigenvalue weighted by Gasteiger charge is 2.09. The molecule has 0 saturated carbocycles. The van der Waals surface area contributed by atoms with Crippen molar-refractivity contribution in [3.63, 3.8) is 0 Å². The average Bonchev–Trinajstić information content (AvgIpc) is 2.84. The van der Waals surface area contributed by atoms with Gasteiger partial charge in [-0.05, 0) is 19.9 Å². The molecule has 0 aliphatic carbocycles. The first-order valence-electron chi connectivity index (χ1n) is 6.06. The number of aromatic nitrogens is 3. The lowest BCUT2D eigenvalue weighted by atomic mass is 10.1. The Balaban J connectivity index is 2.11. The molecule has 0 unspecified atom stereocenters. The van der Waals surface area contributed by atoms with Gasteiger partial charge in [0.25, 0.3) is 0 Å². The summed E-state index contributed by atoms with van der Waals surface area (Å²) in [5, 5.41) is 4.11. The van der Waals surface area contributed by atoms with E-state index in [1.54, 1.807) is 6.33 Å². The first-order chi connectivity index (χ1) is 8.72. The monoisotopic (exact) mass is 246 g/mol. The molecule has 2 N–H and O–H groups in total. The summed E-state index contributed by atoms with van der Waals surface area (Å²) in [6, 6.07) is 7.74. The van der Waals surface area contributed by atoms with Crippen LogP contribution in [0.25, 0.3) is 0 Å². The van der Waals surface area contributed by atoms with Crippen LogP contribution < -0.4 is 10.5 Å². The standard InChI is InChI=1S/C13H18N4O/c1-3-17-13(15-9-16-17)8-18-12-7-5-4-6-11(12)10(2)14/h4-7,9-10H,3,8,14H2,1-2H3/t10-/m0/s1. The van der Waals surface area contributed by atoms with Gasteiger partial charge in [0.1, 0.15) is 18.7 Å². The van der Waals surface area contributed by atoms with Crippen molar-refractivity contribution in [2.45, 2.75) is 33.0 Å². The maximum atomic E-state index is 5.91. The maximum absolute atomic E-state index is 5.91. The summed E-state index contributed by atoms with van der Waals surface area (Å²) in [4.78, 5) is 4.17. The lowest BCUT2D eigenvalue weighted by Gasteiger charge is -2.13. The molecule has 5 nitrogen and oxygen atoms in total. The van der Waals surface area contributed by atoms with Crippen LogP contribution in [0.1, 0.15) is 31.3 Å². The lowest BCUT2D eigenvalue weighted by Crippen LogP contribution is -2.10. The smallest absolute Gasteiger partial charge is 0.164 e. The predicted molar refractivity (Wildman–Crippen MR) is 69.1 cm³/mol.